The first-order valence-electron chi connectivity index (χ1n) is 6.94. The van der Waals surface area contributed by atoms with Crippen LogP contribution in [0.1, 0.15) is 37.2 Å². The Balaban J connectivity index is 1.91. The maximum Gasteiger partial charge on any atom is 0.289 e. The van der Waals surface area contributed by atoms with Crippen LogP contribution in [0.25, 0.3) is 0 Å². The molecule has 4 nitrogen and oxygen atoms in total. The standard InChI is InChI=1S/C14H21ClN2O2/c1-3-16(4-2)11-7-9-17(10-8-11)14(18)12-5-6-13(15)19-12/h5-6,11H,3-4,7-10H2,1-2H3. The van der Waals surface area contributed by atoms with E-state index in [0.29, 0.717) is 11.8 Å². The summed E-state index contributed by atoms with van der Waals surface area (Å²) in [5, 5.41) is 0.265. The Morgan fingerprint density at radius 2 is 2.00 bits per heavy atom. The molecule has 1 amide bonds. The van der Waals surface area contributed by atoms with Gasteiger partial charge in [0.05, 0.1) is 0 Å². The van der Waals surface area contributed by atoms with Crippen LogP contribution in [0.15, 0.2) is 16.5 Å². The average Bonchev–Trinajstić information content (AvgIpc) is 2.87. The van der Waals surface area contributed by atoms with E-state index >= 15 is 0 Å². The number of carbonyl (C=O) groups is 1. The van der Waals surface area contributed by atoms with E-state index in [2.05, 4.69) is 18.7 Å². The van der Waals surface area contributed by atoms with Crippen LogP contribution in [-0.2, 0) is 0 Å². The summed E-state index contributed by atoms with van der Waals surface area (Å²) >= 11 is 5.70. The zero-order chi connectivity index (χ0) is 13.8. The third kappa shape index (κ3) is 3.31. The van der Waals surface area contributed by atoms with Gasteiger partial charge in [-0.3, -0.25) is 4.79 Å². The normalized spacial score (nSPS) is 17.2. The molecule has 0 aromatic carbocycles. The van der Waals surface area contributed by atoms with Gasteiger partial charge in [0.1, 0.15) is 0 Å². The molecule has 1 fully saturated rings. The first-order chi connectivity index (χ1) is 9.15. The number of nitrogens with zero attached hydrogens (tertiary/aromatic N) is 2. The number of rotatable bonds is 4. The predicted octanol–water partition coefficient (Wildman–Crippen LogP) is 2.88. The van der Waals surface area contributed by atoms with Gasteiger partial charge in [0, 0.05) is 19.1 Å². The van der Waals surface area contributed by atoms with Crippen LogP contribution in [0.2, 0.25) is 5.22 Å². The van der Waals surface area contributed by atoms with Gasteiger partial charge < -0.3 is 14.2 Å². The Hall–Kier alpha value is -1.00. The van der Waals surface area contributed by atoms with E-state index in [4.69, 9.17) is 16.0 Å². The van der Waals surface area contributed by atoms with Crippen molar-refractivity contribution in [2.45, 2.75) is 32.7 Å². The molecule has 1 aliphatic heterocycles. The molecule has 19 heavy (non-hydrogen) atoms. The molecule has 106 valence electrons. The van der Waals surface area contributed by atoms with Crippen molar-refractivity contribution in [3.8, 4) is 0 Å². The molecular formula is C14H21ClN2O2. The Kier molecular flexibility index (Phi) is 4.88. The number of furan rings is 1. The summed E-state index contributed by atoms with van der Waals surface area (Å²) in [6.45, 7) is 8.10. The van der Waals surface area contributed by atoms with Gasteiger partial charge in [-0.15, -0.1) is 0 Å². The Bertz CT molecular complexity index is 421. The van der Waals surface area contributed by atoms with Gasteiger partial charge in [-0.1, -0.05) is 13.8 Å². The highest BCUT2D eigenvalue weighted by Crippen LogP contribution is 2.20. The second-order valence-corrected chi connectivity index (χ2v) is 5.22. The summed E-state index contributed by atoms with van der Waals surface area (Å²) in [5.74, 6) is 0.288. The fourth-order valence-electron chi connectivity index (χ4n) is 2.76. The summed E-state index contributed by atoms with van der Waals surface area (Å²) in [4.78, 5) is 16.5. The summed E-state index contributed by atoms with van der Waals surface area (Å²) in [7, 11) is 0. The minimum atomic E-state index is -0.0510. The van der Waals surface area contributed by atoms with Gasteiger partial charge in [0.15, 0.2) is 11.0 Å². The molecule has 1 saturated heterocycles. The zero-order valence-corrected chi connectivity index (χ0v) is 12.3. The molecule has 0 spiro atoms. The third-order valence-corrected chi connectivity index (χ3v) is 4.07. The fraction of sp³-hybridized carbons (Fsp3) is 0.643. The molecule has 0 bridgehead atoms. The third-order valence-electron chi connectivity index (χ3n) is 3.86. The maximum atomic E-state index is 12.2. The molecular weight excluding hydrogens is 264 g/mol. The molecule has 0 N–H and O–H groups in total. The first-order valence-corrected chi connectivity index (χ1v) is 7.32. The summed E-state index contributed by atoms with van der Waals surface area (Å²) < 4.78 is 5.18. The average molecular weight is 285 g/mol. The lowest BCUT2D eigenvalue weighted by Gasteiger charge is -2.37. The zero-order valence-electron chi connectivity index (χ0n) is 11.6. The van der Waals surface area contributed by atoms with Crippen LogP contribution in [0.3, 0.4) is 0 Å². The number of hydrogen-bond donors (Lipinski definition) is 0. The smallest absolute Gasteiger partial charge is 0.289 e. The number of likely N-dealkylation sites (tertiary alicyclic amines) is 1. The number of halogens is 1. The van der Waals surface area contributed by atoms with Crippen LogP contribution in [0.5, 0.6) is 0 Å². The van der Waals surface area contributed by atoms with E-state index in [0.717, 1.165) is 39.0 Å². The molecule has 0 saturated carbocycles. The minimum absolute atomic E-state index is 0.0510. The van der Waals surface area contributed by atoms with Gasteiger partial charge in [0.25, 0.3) is 5.91 Å². The Morgan fingerprint density at radius 3 is 2.47 bits per heavy atom. The van der Waals surface area contributed by atoms with Gasteiger partial charge in [-0.05, 0) is 49.7 Å². The van der Waals surface area contributed by atoms with Crippen LogP contribution >= 0.6 is 11.6 Å². The molecule has 1 aromatic heterocycles. The lowest BCUT2D eigenvalue weighted by molar-refractivity contribution is 0.0601. The van der Waals surface area contributed by atoms with Gasteiger partial charge >= 0.3 is 0 Å². The van der Waals surface area contributed by atoms with E-state index in [1.807, 2.05) is 4.90 Å². The number of piperidine rings is 1. The molecule has 0 aliphatic carbocycles. The van der Waals surface area contributed by atoms with Gasteiger partial charge in [0.2, 0.25) is 0 Å². The topological polar surface area (TPSA) is 36.7 Å². The molecule has 0 unspecified atom stereocenters. The molecule has 2 rings (SSSR count). The van der Waals surface area contributed by atoms with Crippen molar-refractivity contribution in [1.29, 1.82) is 0 Å². The van der Waals surface area contributed by atoms with Crippen molar-refractivity contribution in [3.63, 3.8) is 0 Å². The predicted molar refractivity (Wildman–Crippen MR) is 75.6 cm³/mol. The van der Waals surface area contributed by atoms with Crippen molar-refractivity contribution in [3.05, 3.63) is 23.1 Å². The van der Waals surface area contributed by atoms with Crippen LogP contribution < -0.4 is 0 Å². The van der Waals surface area contributed by atoms with E-state index in [1.165, 1.54) is 0 Å². The summed E-state index contributed by atoms with van der Waals surface area (Å²) in [5.41, 5.74) is 0. The van der Waals surface area contributed by atoms with Crippen LogP contribution in [0.4, 0.5) is 0 Å². The van der Waals surface area contributed by atoms with Gasteiger partial charge in [-0.25, -0.2) is 0 Å². The highest BCUT2D eigenvalue weighted by atomic mass is 35.5. The maximum absolute atomic E-state index is 12.2. The molecule has 2 heterocycles. The Labute approximate surface area is 119 Å². The van der Waals surface area contributed by atoms with E-state index < -0.39 is 0 Å². The fourth-order valence-corrected chi connectivity index (χ4v) is 2.91. The quantitative estimate of drug-likeness (QED) is 0.853. The van der Waals surface area contributed by atoms with E-state index in [1.54, 1.807) is 12.1 Å². The first kappa shape index (κ1) is 14.4. The van der Waals surface area contributed by atoms with Crippen LogP contribution in [0, 0.1) is 0 Å². The Morgan fingerprint density at radius 1 is 1.37 bits per heavy atom. The molecule has 0 atom stereocenters. The van der Waals surface area contributed by atoms with Crippen molar-refractivity contribution < 1.29 is 9.21 Å². The van der Waals surface area contributed by atoms with Crippen molar-refractivity contribution >= 4 is 17.5 Å². The molecule has 1 aliphatic rings. The second kappa shape index (κ2) is 6.44. The van der Waals surface area contributed by atoms with Crippen LogP contribution in [-0.4, -0.2) is 47.9 Å². The summed E-state index contributed by atoms with van der Waals surface area (Å²) in [6, 6.07) is 3.85. The molecule has 0 radical (unpaired) electrons. The molecule has 1 aromatic rings. The second-order valence-electron chi connectivity index (χ2n) is 4.85. The lowest BCUT2D eigenvalue weighted by atomic mass is 10.0. The highest BCUT2D eigenvalue weighted by molar-refractivity contribution is 6.29. The SMILES string of the molecule is CCN(CC)C1CCN(C(=O)c2ccc(Cl)o2)CC1. The lowest BCUT2D eigenvalue weighted by Crippen LogP contribution is -2.46. The van der Waals surface area contributed by atoms with Gasteiger partial charge in [-0.2, -0.15) is 0 Å². The number of hydrogen-bond acceptors (Lipinski definition) is 3. The minimum Gasteiger partial charge on any atom is -0.440 e. The number of amides is 1. The van der Waals surface area contributed by atoms with E-state index in [9.17, 15) is 4.79 Å². The van der Waals surface area contributed by atoms with Crippen molar-refractivity contribution in [2.24, 2.45) is 0 Å². The molecule has 5 heteroatoms. The summed E-state index contributed by atoms with van der Waals surface area (Å²) in [6.07, 6.45) is 2.06. The monoisotopic (exact) mass is 284 g/mol. The van der Waals surface area contributed by atoms with Crippen molar-refractivity contribution in [1.82, 2.24) is 9.80 Å². The largest absolute Gasteiger partial charge is 0.440 e. The van der Waals surface area contributed by atoms with Crippen molar-refractivity contribution in [2.75, 3.05) is 26.2 Å². The van der Waals surface area contributed by atoms with E-state index in [-0.39, 0.29) is 11.1 Å². The number of carbonyl (C=O) groups excluding carboxylic acids is 1. The highest BCUT2D eigenvalue weighted by Gasteiger charge is 2.27.